The molecule has 0 aromatic carbocycles. The molecule has 0 aromatic rings. The van der Waals surface area contributed by atoms with Crippen LogP contribution < -0.4 is 0 Å². The maximum Gasteiger partial charge on any atom is 0.331 e. The Bertz CT molecular complexity index is 123. The zero-order valence-electron chi connectivity index (χ0n) is 8.19. The maximum absolute atomic E-state index is 10.3. The van der Waals surface area contributed by atoms with E-state index < -0.39 is 5.97 Å². The van der Waals surface area contributed by atoms with Crippen LogP contribution >= 0.6 is 0 Å². The molecule has 0 rings (SSSR count). The molecule has 1 N–H and O–H groups in total. The minimum absolute atomic E-state index is 0. The fourth-order valence-corrected chi connectivity index (χ4v) is 0.189. The largest absolute Gasteiger partial charge is 0.644 e. The summed E-state index contributed by atoms with van der Waals surface area (Å²) < 4.78 is 4.23. The van der Waals surface area contributed by atoms with E-state index in [1.807, 2.05) is 0 Å². The molecule has 0 saturated carbocycles. The second-order valence-electron chi connectivity index (χ2n) is 1.36. The predicted octanol–water partition coefficient (Wildman–Crippen LogP) is 1.10. The van der Waals surface area contributed by atoms with Gasteiger partial charge in [0, 0.05) is 209 Å². The fraction of sp³-hybridized carbons (Fsp3) is 0.400. The van der Waals surface area contributed by atoms with Gasteiger partial charge in [-0.25, -0.2) is 4.79 Å². The molecule has 0 fully saturated rings. The van der Waals surface area contributed by atoms with Crippen molar-refractivity contribution in [2.45, 2.75) is 6.92 Å². The Morgan fingerprint density at radius 2 is 1.43 bits per heavy atom. The van der Waals surface area contributed by atoms with Crippen LogP contribution in [0.15, 0.2) is 12.2 Å². The smallest absolute Gasteiger partial charge is 0.331 e. The normalized spacial score (nSPS) is 4.71. The van der Waals surface area contributed by atoms with Gasteiger partial charge < -0.3 is 10.5 Å². The minimum atomic E-state index is -0.500. The van der Waals surface area contributed by atoms with Crippen LogP contribution in [0.25, 0.3) is 5.73 Å². The molecule has 0 unspecified atom stereocenters. The summed E-state index contributed by atoms with van der Waals surface area (Å²) in [5.41, 5.74) is 6.77. The van der Waals surface area contributed by atoms with E-state index in [2.05, 4.69) is 11.3 Å². The van der Waals surface area contributed by atoms with Gasteiger partial charge >= 0.3 is 5.97 Å². The average Bonchev–Trinajstić information content (AvgIpc) is 1.67. The second-order valence-corrected chi connectivity index (χ2v) is 1.36. The van der Waals surface area contributed by atoms with Gasteiger partial charge in [-0.2, -0.15) is 0 Å². The Morgan fingerprint density at radius 3 is 1.50 bits per heavy atom. The molecule has 3 nitrogen and oxygen atoms in total. The minimum Gasteiger partial charge on any atom is -0.644 e. The van der Waals surface area contributed by atoms with Crippen molar-refractivity contribution in [3.05, 3.63) is 17.9 Å². The number of carbonyl (C=O) groups is 1. The monoisotopic (exact) mass is 647 g/mol. The third-order valence-electron chi connectivity index (χ3n) is 0.552. The molecular formula is C5H8NO2Y6-. The third kappa shape index (κ3) is 30.7. The van der Waals surface area contributed by atoms with Crippen LogP contribution in [0, 0.1) is 0 Å². The van der Waals surface area contributed by atoms with Crippen LogP contribution in [-0.4, -0.2) is 12.7 Å². The number of hydrogen-bond acceptors (Lipinski definition) is 2. The summed E-state index contributed by atoms with van der Waals surface area (Å²) in [5.74, 6) is -0.500. The Hall–Kier alpha value is 5.79. The molecule has 0 aliphatic heterocycles. The van der Waals surface area contributed by atoms with Crippen molar-refractivity contribution in [1.29, 1.82) is 0 Å². The summed E-state index contributed by atoms with van der Waals surface area (Å²) in [4.78, 5) is 10.3. The molecule has 9 heteroatoms. The standard InChI is InChI=1S/C5H8NO2.6Y/c1-4(2)5(7)8-3-6;;;;;;/h6H,1,3H2,2H3;;;;;;/q-1;;;;;;. The van der Waals surface area contributed by atoms with Crippen molar-refractivity contribution in [2.24, 2.45) is 0 Å². The first-order chi connectivity index (χ1) is 3.68. The van der Waals surface area contributed by atoms with E-state index in [0.717, 1.165) is 0 Å². The summed E-state index contributed by atoms with van der Waals surface area (Å²) >= 11 is 0. The third-order valence-corrected chi connectivity index (χ3v) is 0.552. The zero-order chi connectivity index (χ0) is 6.57. The van der Waals surface area contributed by atoms with Crippen LogP contribution in [-0.2, 0) is 206 Å². The summed E-state index contributed by atoms with van der Waals surface area (Å²) in [6.07, 6.45) is 0. The summed E-state index contributed by atoms with van der Waals surface area (Å²) in [7, 11) is 0. The van der Waals surface area contributed by atoms with Gasteiger partial charge in [-0.1, -0.05) is 6.58 Å². The van der Waals surface area contributed by atoms with E-state index in [1.54, 1.807) is 0 Å². The number of esters is 1. The molecule has 0 aliphatic carbocycles. The Balaban J connectivity index is -0.0000000163. The number of rotatable bonds is 2. The molecule has 0 aromatic heterocycles. The van der Waals surface area contributed by atoms with Crippen LogP contribution in [0.1, 0.15) is 6.92 Å². The number of ether oxygens (including phenoxy) is 1. The molecule has 0 aliphatic rings. The van der Waals surface area contributed by atoms with Crippen LogP contribution in [0.3, 0.4) is 0 Å². The van der Waals surface area contributed by atoms with Crippen molar-refractivity contribution < 1.29 is 206 Å². The zero-order valence-corrected chi connectivity index (χ0v) is 25.2. The topological polar surface area (TPSA) is 50.1 Å². The van der Waals surface area contributed by atoms with Gasteiger partial charge in [0.2, 0.25) is 0 Å². The molecule has 0 bridgehead atoms. The number of carbonyl (C=O) groups excluding carboxylic acids is 1. The van der Waals surface area contributed by atoms with E-state index in [1.165, 1.54) is 6.92 Å². The number of hydrogen-bond donors (Lipinski definition) is 0. The van der Waals surface area contributed by atoms with Gasteiger partial charge in [-0.15, -0.1) is 0 Å². The van der Waals surface area contributed by atoms with Crippen LogP contribution in [0.5, 0.6) is 0 Å². The van der Waals surface area contributed by atoms with Gasteiger partial charge in [0.1, 0.15) is 0 Å². The van der Waals surface area contributed by atoms with Gasteiger partial charge in [-0.05, 0) is 6.92 Å². The van der Waals surface area contributed by atoms with Crippen molar-refractivity contribution >= 4 is 5.97 Å². The Labute approximate surface area is 236 Å². The maximum atomic E-state index is 10.3. The molecule has 0 atom stereocenters. The predicted molar refractivity (Wildman–Crippen MR) is 30.1 cm³/mol. The first-order valence-electron chi connectivity index (χ1n) is 2.15. The molecule has 0 spiro atoms. The van der Waals surface area contributed by atoms with E-state index in [0.29, 0.717) is 5.57 Å². The Morgan fingerprint density at radius 1 is 1.14 bits per heavy atom. The van der Waals surface area contributed by atoms with Gasteiger partial charge in [0.15, 0.2) is 0 Å². The van der Waals surface area contributed by atoms with Gasteiger partial charge in [0.25, 0.3) is 0 Å². The van der Waals surface area contributed by atoms with Crippen LogP contribution in [0.2, 0.25) is 0 Å². The van der Waals surface area contributed by atoms with E-state index in [9.17, 15) is 4.79 Å². The average molecular weight is 648 g/mol. The first-order valence-corrected chi connectivity index (χ1v) is 2.15. The van der Waals surface area contributed by atoms with Crippen molar-refractivity contribution in [3.63, 3.8) is 0 Å². The summed E-state index contributed by atoms with van der Waals surface area (Å²) in [6, 6.07) is 0. The van der Waals surface area contributed by atoms with E-state index in [4.69, 9.17) is 5.73 Å². The molecule has 0 saturated heterocycles. The van der Waals surface area contributed by atoms with Crippen molar-refractivity contribution in [1.82, 2.24) is 0 Å². The molecule has 64 valence electrons. The quantitative estimate of drug-likeness (QED) is 0.334. The van der Waals surface area contributed by atoms with Gasteiger partial charge in [0.05, 0.1) is 0 Å². The molecule has 0 heterocycles. The fourth-order valence-electron chi connectivity index (χ4n) is 0.189. The molecule has 14 heavy (non-hydrogen) atoms. The van der Waals surface area contributed by atoms with E-state index >= 15 is 0 Å². The summed E-state index contributed by atoms with van der Waals surface area (Å²) in [6.45, 7) is 4.53. The second kappa shape index (κ2) is 31.3. The van der Waals surface area contributed by atoms with Crippen molar-refractivity contribution in [2.75, 3.05) is 6.73 Å². The van der Waals surface area contributed by atoms with Gasteiger partial charge in [-0.3, -0.25) is 0 Å². The summed E-state index contributed by atoms with van der Waals surface area (Å²) in [5, 5.41) is 0. The number of nitrogens with one attached hydrogen (secondary N) is 1. The van der Waals surface area contributed by atoms with Crippen molar-refractivity contribution in [3.8, 4) is 0 Å². The first kappa shape index (κ1) is 42.7. The molecule has 6 radical (unpaired) electrons. The van der Waals surface area contributed by atoms with Crippen LogP contribution in [0.4, 0.5) is 0 Å². The SMILES string of the molecule is C=C(C)C(=O)OC[NH-].[Y].[Y].[Y].[Y].[Y].[Y]. The Kier molecular flexibility index (Phi) is 95.4. The van der Waals surface area contributed by atoms with E-state index in [-0.39, 0.29) is 203 Å². The molecule has 0 amide bonds. The molecular weight excluding hydrogens is 639 g/mol.